The van der Waals surface area contributed by atoms with Crippen LogP contribution >= 0.6 is 0 Å². The molecule has 0 aliphatic heterocycles. The van der Waals surface area contributed by atoms with Crippen molar-refractivity contribution in [3.05, 3.63) is 54.1 Å². The Kier molecular flexibility index (Phi) is 5.75. The fourth-order valence-corrected chi connectivity index (χ4v) is 2.99. The molecule has 1 aliphatic carbocycles. The van der Waals surface area contributed by atoms with Gasteiger partial charge in [0.2, 0.25) is 0 Å². The van der Waals surface area contributed by atoms with Crippen molar-refractivity contribution < 1.29 is 4.39 Å². The van der Waals surface area contributed by atoms with Gasteiger partial charge < -0.3 is 0 Å². The third-order valence-corrected chi connectivity index (χ3v) is 4.22. The number of rotatable bonds is 7. The summed E-state index contributed by atoms with van der Waals surface area (Å²) in [5, 5.41) is 8.71. The summed E-state index contributed by atoms with van der Waals surface area (Å²) in [6.07, 6.45) is 11.5. The lowest BCUT2D eigenvalue weighted by Crippen LogP contribution is -2.20. The molecular formula is C19H22FN. The second-order valence-corrected chi connectivity index (χ2v) is 5.73. The maximum absolute atomic E-state index is 12.6. The lowest BCUT2D eigenvalue weighted by molar-refractivity contribution is 0.291. The van der Waals surface area contributed by atoms with E-state index in [9.17, 15) is 4.39 Å². The average molecular weight is 283 g/mol. The first-order valence-electron chi connectivity index (χ1n) is 7.67. The molecule has 0 bridgehead atoms. The normalized spacial score (nSPS) is 20.9. The Labute approximate surface area is 126 Å². The van der Waals surface area contributed by atoms with Gasteiger partial charge in [-0.2, -0.15) is 5.26 Å². The van der Waals surface area contributed by atoms with E-state index in [2.05, 4.69) is 36.4 Å². The van der Waals surface area contributed by atoms with E-state index in [1.165, 1.54) is 11.1 Å². The van der Waals surface area contributed by atoms with Gasteiger partial charge in [-0.25, -0.2) is 0 Å². The Morgan fingerprint density at radius 1 is 1.14 bits per heavy atom. The van der Waals surface area contributed by atoms with Crippen molar-refractivity contribution in [2.45, 2.75) is 38.5 Å². The summed E-state index contributed by atoms with van der Waals surface area (Å²) in [4.78, 5) is 0. The number of alkyl halides is 1. The molecule has 1 aromatic carbocycles. The predicted molar refractivity (Wildman–Crippen MR) is 85.3 cm³/mol. The Hall–Kier alpha value is -1.88. The largest absolute Gasteiger partial charge is 0.251 e. The molecular weight excluding hydrogens is 261 g/mol. The van der Waals surface area contributed by atoms with Crippen molar-refractivity contribution in [1.29, 1.82) is 5.26 Å². The molecule has 1 aromatic rings. The number of allylic oxidation sites excluding steroid dienone is 4. The zero-order valence-corrected chi connectivity index (χ0v) is 12.4. The molecule has 0 radical (unpaired) electrons. The minimum absolute atomic E-state index is 0.0429. The highest BCUT2D eigenvalue weighted by molar-refractivity contribution is 5.75. The van der Waals surface area contributed by atoms with Crippen LogP contribution in [0, 0.1) is 16.7 Å². The summed E-state index contributed by atoms with van der Waals surface area (Å²) in [5.74, 6) is 0. The molecule has 1 unspecified atom stereocenters. The van der Waals surface area contributed by atoms with Crippen molar-refractivity contribution in [3.8, 4) is 6.07 Å². The number of hydrogen-bond donors (Lipinski definition) is 0. The van der Waals surface area contributed by atoms with Crippen LogP contribution in [0.25, 0.3) is 5.57 Å². The van der Waals surface area contributed by atoms with Crippen LogP contribution in [-0.2, 0) is 0 Å². The van der Waals surface area contributed by atoms with Gasteiger partial charge in [-0.05, 0) is 48.7 Å². The number of halogens is 1. The predicted octanol–water partition coefficient (Wildman–Crippen LogP) is 5.46. The van der Waals surface area contributed by atoms with Gasteiger partial charge in [0, 0.05) is 6.42 Å². The molecule has 1 nitrogen and oxygen atoms in total. The fraction of sp³-hybridized carbons (Fsp3) is 0.421. The van der Waals surface area contributed by atoms with E-state index < -0.39 is 0 Å². The molecule has 1 aliphatic rings. The van der Waals surface area contributed by atoms with Gasteiger partial charge in [-0.3, -0.25) is 4.39 Å². The zero-order valence-electron chi connectivity index (χ0n) is 12.4. The second-order valence-electron chi connectivity index (χ2n) is 5.73. The molecule has 0 saturated carbocycles. The van der Waals surface area contributed by atoms with Crippen LogP contribution < -0.4 is 0 Å². The summed E-state index contributed by atoms with van der Waals surface area (Å²) in [5.41, 5.74) is 2.51. The maximum atomic E-state index is 12.6. The van der Waals surface area contributed by atoms with Crippen LogP contribution in [0.15, 0.2) is 48.6 Å². The number of benzene rings is 1. The average Bonchev–Trinajstić information content (AvgIpc) is 2.55. The van der Waals surface area contributed by atoms with E-state index in [4.69, 9.17) is 5.26 Å². The van der Waals surface area contributed by atoms with Gasteiger partial charge in [-0.15, -0.1) is 0 Å². The van der Waals surface area contributed by atoms with Crippen molar-refractivity contribution in [2.24, 2.45) is 5.41 Å². The van der Waals surface area contributed by atoms with Crippen molar-refractivity contribution >= 4 is 5.57 Å². The molecule has 0 spiro atoms. The molecule has 0 fully saturated rings. The third kappa shape index (κ3) is 4.29. The summed E-state index contributed by atoms with van der Waals surface area (Å²) >= 11 is 0. The van der Waals surface area contributed by atoms with Crippen molar-refractivity contribution in [2.75, 3.05) is 6.67 Å². The second kappa shape index (κ2) is 7.78. The highest BCUT2D eigenvalue weighted by Crippen LogP contribution is 2.41. The fourth-order valence-electron chi connectivity index (χ4n) is 2.99. The Morgan fingerprint density at radius 2 is 1.90 bits per heavy atom. The summed E-state index contributed by atoms with van der Waals surface area (Å²) in [6, 6.07) is 12.5. The molecule has 2 rings (SSSR count). The van der Waals surface area contributed by atoms with E-state index in [0.29, 0.717) is 12.8 Å². The van der Waals surface area contributed by atoms with E-state index in [1.807, 2.05) is 18.2 Å². The third-order valence-electron chi connectivity index (χ3n) is 4.22. The molecule has 0 amide bonds. The lowest BCUT2D eigenvalue weighted by Gasteiger charge is -2.32. The molecule has 0 N–H and O–H groups in total. The standard InChI is InChI=1S/C19H22FN/c20-15-6-12-19(11-4-5-16-21)13-9-18(10-14-19)17-7-2-1-3-8-17/h1-3,7-10,13H,4-6,11-12,14-15H2. The molecule has 21 heavy (non-hydrogen) atoms. The Balaban J connectivity index is 2.07. The van der Waals surface area contributed by atoms with Crippen LogP contribution in [0.1, 0.15) is 44.1 Å². The van der Waals surface area contributed by atoms with Gasteiger partial charge in [0.15, 0.2) is 0 Å². The van der Waals surface area contributed by atoms with Crippen molar-refractivity contribution in [3.63, 3.8) is 0 Å². The van der Waals surface area contributed by atoms with Crippen LogP contribution in [-0.4, -0.2) is 6.67 Å². The summed E-state index contributed by atoms with van der Waals surface area (Å²) in [6.45, 7) is -0.261. The maximum Gasteiger partial charge on any atom is 0.0894 e. The first-order valence-corrected chi connectivity index (χ1v) is 7.67. The van der Waals surface area contributed by atoms with Gasteiger partial charge in [0.1, 0.15) is 0 Å². The minimum atomic E-state index is -0.261. The summed E-state index contributed by atoms with van der Waals surface area (Å²) in [7, 11) is 0. The number of nitrogens with zero attached hydrogens (tertiary/aromatic N) is 1. The van der Waals surface area contributed by atoms with Gasteiger partial charge in [0.05, 0.1) is 12.7 Å². The van der Waals surface area contributed by atoms with Gasteiger partial charge in [-0.1, -0.05) is 48.6 Å². The van der Waals surface area contributed by atoms with Crippen LogP contribution in [0.2, 0.25) is 0 Å². The van der Waals surface area contributed by atoms with Crippen LogP contribution in [0.3, 0.4) is 0 Å². The minimum Gasteiger partial charge on any atom is -0.251 e. The van der Waals surface area contributed by atoms with E-state index in [1.54, 1.807) is 0 Å². The summed E-state index contributed by atoms with van der Waals surface area (Å²) < 4.78 is 12.6. The monoisotopic (exact) mass is 283 g/mol. The van der Waals surface area contributed by atoms with Crippen LogP contribution in [0.5, 0.6) is 0 Å². The quantitative estimate of drug-likeness (QED) is 0.609. The first kappa shape index (κ1) is 15.5. The van der Waals surface area contributed by atoms with Gasteiger partial charge in [0.25, 0.3) is 0 Å². The zero-order chi connectivity index (χ0) is 15.0. The van der Waals surface area contributed by atoms with E-state index >= 15 is 0 Å². The SMILES string of the molecule is N#CCCCC1(CCCF)C=CC(c2ccccc2)=CC1. The molecule has 2 heteroatoms. The first-order chi connectivity index (χ1) is 10.3. The van der Waals surface area contributed by atoms with E-state index in [-0.39, 0.29) is 12.1 Å². The highest BCUT2D eigenvalue weighted by Gasteiger charge is 2.27. The molecule has 0 aromatic heterocycles. The number of nitriles is 1. The topological polar surface area (TPSA) is 23.8 Å². The molecule has 0 saturated heterocycles. The van der Waals surface area contributed by atoms with E-state index in [0.717, 1.165) is 25.7 Å². The number of hydrogen-bond acceptors (Lipinski definition) is 1. The highest BCUT2D eigenvalue weighted by atomic mass is 19.1. The molecule has 110 valence electrons. The Morgan fingerprint density at radius 3 is 2.52 bits per heavy atom. The smallest absolute Gasteiger partial charge is 0.0894 e. The number of unbranched alkanes of at least 4 members (excludes halogenated alkanes) is 1. The van der Waals surface area contributed by atoms with Crippen LogP contribution in [0.4, 0.5) is 4.39 Å². The Bertz CT molecular complexity index is 538. The van der Waals surface area contributed by atoms with Gasteiger partial charge >= 0.3 is 0 Å². The van der Waals surface area contributed by atoms with Crippen molar-refractivity contribution in [1.82, 2.24) is 0 Å². The lowest BCUT2D eigenvalue weighted by atomic mass is 9.72. The molecule has 0 heterocycles. The molecule has 1 atom stereocenters.